The van der Waals surface area contributed by atoms with E-state index in [2.05, 4.69) is 15.3 Å². The van der Waals surface area contributed by atoms with Crippen LogP contribution in [0.2, 0.25) is 0 Å². The van der Waals surface area contributed by atoms with Crippen molar-refractivity contribution in [2.45, 2.75) is 0 Å². The van der Waals surface area contributed by atoms with E-state index in [1.54, 1.807) is 22.3 Å². The van der Waals surface area contributed by atoms with Gasteiger partial charge in [-0.15, -0.1) is 4.98 Å². The minimum atomic E-state index is 0.763. The minimum Gasteiger partial charge on any atom is -0.130 e. The largest absolute Gasteiger partial charge is 0.313 e. The maximum Gasteiger partial charge on any atom is 0.313 e. The van der Waals surface area contributed by atoms with Crippen LogP contribution in [0, 0.1) is 0 Å². The molecule has 6 heteroatoms. The van der Waals surface area contributed by atoms with E-state index in [1.807, 2.05) is 70.7 Å². The molecule has 0 bridgehead atoms. The van der Waals surface area contributed by atoms with Crippen LogP contribution < -0.4 is 4.68 Å². The summed E-state index contributed by atoms with van der Waals surface area (Å²) in [4.78, 5) is 6.18. The SMILES string of the molecule is c1ccc(-c2nnn(-c3ccccc3)[n+]2-c2nccs2)cc1. The van der Waals surface area contributed by atoms with E-state index in [1.165, 1.54) is 0 Å². The highest BCUT2D eigenvalue weighted by atomic mass is 32.1. The first-order valence-corrected chi connectivity index (χ1v) is 7.70. The van der Waals surface area contributed by atoms with Gasteiger partial charge in [0.25, 0.3) is 0 Å². The highest BCUT2D eigenvalue weighted by Crippen LogP contribution is 2.16. The fraction of sp³-hybridized carbons (Fsp3) is 0. The van der Waals surface area contributed by atoms with E-state index in [4.69, 9.17) is 0 Å². The van der Waals surface area contributed by atoms with Crippen LogP contribution in [0.3, 0.4) is 0 Å². The number of hydrogen-bond donors (Lipinski definition) is 0. The number of aromatic nitrogens is 5. The molecular weight excluding hydrogens is 294 g/mol. The smallest absolute Gasteiger partial charge is 0.130 e. The van der Waals surface area contributed by atoms with E-state index < -0.39 is 0 Å². The molecular formula is C16H12N5S+. The van der Waals surface area contributed by atoms with Crippen molar-refractivity contribution in [1.82, 2.24) is 20.1 Å². The van der Waals surface area contributed by atoms with Crippen molar-refractivity contribution < 1.29 is 4.68 Å². The van der Waals surface area contributed by atoms with Gasteiger partial charge in [0, 0.05) is 10.9 Å². The first kappa shape index (κ1) is 12.8. The lowest BCUT2D eigenvalue weighted by Crippen LogP contribution is -2.42. The molecule has 0 amide bonds. The van der Waals surface area contributed by atoms with Crippen molar-refractivity contribution in [2.24, 2.45) is 0 Å². The topological polar surface area (TPSA) is 47.5 Å². The van der Waals surface area contributed by atoms with Gasteiger partial charge in [-0.25, -0.2) is 0 Å². The normalized spacial score (nSPS) is 10.7. The van der Waals surface area contributed by atoms with Crippen molar-refractivity contribution in [3.8, 4) is 22.2 Å². The van der Waals surface area contributed by atoms with Crippen LogP contribution in [0.4, 0.5) is 0 Å². The van der Waals surface area contributed by atoms with Crippen LogP contribution in [0.15, 0.2) is 72.2 Å². The zero-order valence-corrected chi connectivity index (χ0v) is 12.4. The second-order valence-corrected chi connectivity index (χ2v) is 5.50. The fourth-order valence-corrected chi connectivity index (χ4v) is 2.87. The Hall–Kier alpha value is -2.86. The number of hydrogen-bond acceptors (Lipinski definition) is 4. The summed E-state index contributed by atoms with van der Waals surface area (Å²) in [5.41, 5.74) is 1.94. The number of para-hydroxylation sites is 1. The molecule has 106 valence electrons. The standard InChI is InChI=1S/C16H12N5S/c1-3-7-13(8-4-1)15-18-19-21(14-9-5-2-6-10-14)20(15)16-17-11-12-22-16/h1-12H/q+1. The Morgan fingerprint density at radius 1 is 0.909 bits per heavy atom. The molecule has 0 aliphatic heterocycles. The zero-order chi connectivity index (χ0) is 14.8. The predicted molar refractivity (Wildman–Crippen MR) is 84.0 cm³/mol. The Bertz CT molecular complexity index is 813. The second-order valence-electron chi connectivity index (χ2n) is 4.63. The van der Waals surface area contributed by atoms with E-state index in [0.29, 0.717) is 0 Å². The summed E-state index contributed by atoms with van der Waals surface area (Å²) in [5, 5.41) is 11.4. The molecule has 4 rings (SSSR count). The summed E-state index contributed by atoms with van der Waals surface area (Å²) in [7, 11) is 0. The van der Waals surface area contributed by atoms with E-state index in [9.17, 15) is 0 Å². The second kappa shape index (κ2) is 5.50. The van der Waals surface area contributed by atoms with Gasteiger partial charge in [-0.3, -0.25) is 0 Å². The molecule has 0 unspecified atom stereocenters. The summed E-state index contributed by atoms with van der Waals surface area (Å²) in [6.45, 7) is 0. The van der Waals surface area contributed by atoms with E-state index >= 15 is 0 Å². The summed E-state index contributed by atoms with van der Waals surface area (Å²) in [5.74, 6) is 0.763. The predicted octanol–water partition coefficient (Wildman–Crippen LogP) is 2.67. The lowest BCUT2D eigenvalue weighted by atomic mass is 10.2. The highest BCUT2D eigenvalue weighted by molar-refractivity contribution is 7.11. The number of benzene rings is 2. The number of thiazole rings is 1. The molecule has 0 aliphatic rings. The zero-order valence-electron chi connectivity index (χ0n) is 11.6. The van der Waals surface area contributed by atoms with Crippen molar-refractivity contribution in [3.05, 3.63) is 72.2 Å². The monoisotopic (exact) mass is 306 g/mol. The van der Waals surface area contributed by atoms with Crippen LogP contribution in [-0.4, -0.2) is 20.1 Å². The molecule has 4 aromatic rings. The summed E-state index contributed by atoms with van der Waals surface area (Å²) in [6, 6.07) is 19.9. The number of rotatable bonds is 3. The molecule has 2 aromatic heterocycles. The third kappa shape index (κ3) is 2.19. The van der Waals surface area contributed by atoms with Crippen molar-refractivity contribution in [3.63, 3.8) is 0 Å². The van der Waals surface area contributed by atoms with Crippen molar-refractivity contribution in [1.29, 1.82) is 0 Å². The summed E-state index contributed by atoms with van der Waals surface area (Å²) < 4.78 is 1.93. The van der Waals surface area contributed by atoms with Crippen LogP contribution in [0.1, 0.15) is 0 Å². The molecule has 5 nitrogen and oxygen atoms in total. The van der Waals surface area contributed by atoms with Gasteiger partial charge in [-0.1, -0.05) is 52.4 Å². The van der Waals surface area contributed by atoms with Crippen LogP contribution >= 0.6 is 11.3 Å². The fourth-order valence-electron chi connectivity index (χ4n) is 2.24. The third-order valence-electron chi connectivity index (χ3n) is 3.23. The molecule has 2 aromatic carbocycles. The average molecular weight is 306 g/mol. The number of nitrogens with zero attached hydrogens (tertiary/aromatic N) is 5. The first-order valence-electron chi connectivity index (χ1n) is 6.82. The quantitative estimate of drug-likeness (QED) is 0.547. The maximum atomic E-state index is 4.41. The average Bonchev–Trinajstić information content (AvgIpc) is 3.25. The Labute approximate surface area is 131 Å². The molecule has 0 saturated carbocycles. The Morgan fingerprint density at radius 2 is 1.64 bits per heavy atom. The van der Waals surface area contributed by atoms with Crippen LogP contribution in [-0.2, 0) is 0 Å². The van der Waals surface area contributed by atoms with E-state index in [0.717, 1.165) is 22.2 Å². The van der Waals surface area contributed by atoms with Crippen molar-refractivity contribution in [2.75, 3.05) is 0 Å². The Morgan fingerprint density at radius 3 is 2.32 bits per heavy atom. The molecule has 0 aliphatic carbocycles. The minimum absolute atomic E-state index is 0.763. The number of tetrazole rings is 1. The molecule has 0 fully saturated rings. The summed E-state index contributed by atoms with van der Waals surface area (Å²) >= 11 is 1.55. The van der Waals surface area contributed by atoms with Gasteiger partial charge < -0.3 is 0 Å². The molecule has 0 saturated heterocycles. The van der Waals surface area contributed by atoms with Gasteiger partial charge in [-0.2, -0.15) is 0 Å². The molecule has 0 spiro atoms. The third-order valence-corrected chi connectivity index (χ3v) is 3.98. The van der Waals surface area contributed by atoms with Crippen LogP contribution in [0.5, 0.6) is 0 Å². The van der Waals surface area contributed by atoms with Gasteiger partial charge in [0.2, 0.25) is 0 Å². The first-order chi connectivity index (χ1) is 10.9. The van der Waals surface area contributed by atoms with Gasteiger partial charge in [0.05, 0.1) is 11.3 Å². The lowest BCUT2D eigenvalue weighted by Gasteiger charge is -2.02. The highest BCUT2D eigenvalue weighted by Gasteiger charge is 2.24. The Kier molecular flexibility index (Phi) is 3.21. The van der Waals surface area contributed by atoms with Gasteiger partial charge >= 0.3 is 11.0 Å². The molecule has 2 heterocycles. The summed E-state index contributed by atoms with van der Waals surface area (Å²) in [6.07, 6.45) is 1.78. The molecule has 0 N–H and O–H groups in total. The maximum absolute atomic E-state index is 4.41. The van der Waals surface area contributed by atoms with Crippen LogP contribution in [0.25, 0.3) is 22.2 Å². The molecule has 22 heavy (non-hydrogen) atoms. The van der Waals surface area contributed by atoms with E-state index in [-0.39, 0.29) is 0 Å². The van der Waals surface area contributed by atoms with Gasteiger partial charge in [0.1, 0.15) is 10.9 Å². The van der Waals surface area contributed by atoms with Crippen molar-refractivity contribution >= 4 is 11.3 Å². The molecule has 0 radical (unpaired) electrons. The lowest BCUT2D eigenvalue weighted by molar-refractivity contribution is -0.669. The van der Waals surface area contributed by atoms with Gasteiger partial charge in [-0.05, 0) is 29.1 Å². The molecule has 0 atom stereocenters. The Balaban J connectivity index is 1.96. The van der Waals surface area contributed by atoms with Gasteiger partial charge in [0.15, 0.2) is 0 Å².